The maximum absolute atomic E-state index is 11.7. The molecule has 0 bridgehead atoms. The van der Waals surface area contributed by atoms with Crippen molar-refractivity contribution in [2.24, 2.45) is 0 Å². The summed E-state index contributed by atoms with van der Waals surface area (Å²) in [5, 5.41) is 0. The number of thiol groups is 1. The zero-order valence-electron chi connectivity index (χ0n) is 10.3. The van der Waals surface area contributed by atoms with Crippen molar-refractivity contribution < 1.29 is 0 Å². The largest absolute Gasteiger partial charge is 0.347 e. The molecule has 0 aliphatic carbocycles. The molecule has 0 saturated heterocycles. The van der Waals surface area contributed by atoms with E-state index in [1.54, 1.807) is 10.8 Å². The molecule has 0 aliphatic rings. The van der Waals surface area contributed by atoms with E-state index in [2.05, 4.69) is 29.7 Å². The van der Waals surface area contributed by atoms with Crippen LogP contribution in [0.3, 0.4) is 0 Å². The highest BCUT2D eigenvalue weighted by Crippen LogP contribution is 2.18. The third-order valence-electron chi connectivity index (χ3n) is 2.89. The van der Waals surface area contributed by atoms with Crippen LogP contribution in [-0.2, 0) is 6.54 Å². The Balaban J connectivity index is 2.26. The molecule has 4 heteroatoms. The zero-order chi connectivity index (χ0) is 13.0. The van der Waals surface area contributed by atoms with E-state index in [1.807, 2.05) is 31.3 Å². The smallest absolute Gasteiger partial charge is 0.298 e. The lowest BCUT2D eigenvalue weighted by molar-refractivity contribution is 0.573. The van der Waals surface area contributed by atoms with E-state index in [0.717, 1.165) is 5.56 Å². The van der Waals surface area contributed by atoms with Crippen molar-refractivity contribution in [3.8, 4) is 0 Å². The first-order chi connectivity index (χ1) is 8.70. The van der Waals surface area contributed by atoms with Crippen LogP contribution in [-0.4, -0.2) is 15.3 Å². The molecule has 1 unspecified atom stereocenters. The quantitative estimate of drug-likeness (QED) is 0.856. The second-order valence-electron chi connectivity index (χ2n) is 4.36. The van der Waals surface area contributed by atoms with E-state index >= 15 is 0 Å². The molecule has 2 rings (SSSR count). The summed E-state index contributed by atoms with van der Waals surface area (Å²) in [5.41, 5.74) is 1.98. The van der Waals surface area contributed by atoms with Gasteiger partial charge in [0.15, 0.2) is 0 Å². The zero-order valence-corrected chi connectivity index (χ0v) is 11.2. The molecule has 0 spiro atoms. The maximum atomic E-state index is 11.7. The van der Waals surface area contributed by atoms with Crippen LogP contribution in [0.1, 0.15) is 17.0 Å². The summed E-state index contributed by atoms with van der Waals surface area (Å²) in [6, 6.07) is 10.1. The molecule has 0 saturated carbocycles. The third kappa shape index (κ3) is 3.01. The van der Waals surface area contributed by atoms with Gasteiger partial charge in [-0.05, 0) is 23.8 Å². The molecule has 1 atom stereocenters. The Morgan fingerprint density at radius 2 is 2.06 bits per heavy atom. The van der Waals surface area contributed by atoms with Gasteiger partial charge in [0.1, 0.15) is 0 Å². The van der Waals surface area contributed by atoms with Crippen molar-refractivity contribution in [2.75, 3.05) is 5.75 Å². The molecule has 0 radical (unpaired) electrons. The van der Waals surface area contributed by atoms with Gasteiger partial charge in [0.2, 0.25) is 0 Å². The van der Waals surface area contributed by atoms with Gasteiger partial charge < -0.3 is 0 Å². The second kappa shape index (κ2) is 5.87. The lowest BCUT2D eigenvalue weighted by Crippen LogP contribution is -2.25. The molecule has 1 heterocycles. The fraction of sp³-hybridized carbons (Fsp3) is 0.286. The average Bonchev–Trinajstić information content (AvgIpc) is 2.41. The van der Waals surface area contributed by atoms with E-state index in [-0.39, 0.29) is 11.6 Å². The minimum Gasteiger partial charge on any atom is -0.298 e. The van der Waals surface area contributed by atoms with Crippen LogP contribution in [0, 0.1) is 6.92 Å². The molecule has 1 aromatic heterocycles. The van der Waals surface area contributed by atoms with Gasteiger partial charge in [-0.3, -0.25) is 4.57 Å². The molecule has 1 aromatic carbocycles. The SMILES string of the molecule is Cc1cnc(=O)n(CC(CS)c2ccccc2)c1. The number of hydrogen-bond acceptors (Lipinski definition) is 3. The predicted molar refractivity (Wildman–Crippen MR) is 76.3 cm³/mol. The number of nitrogens with zero attached hydrogens (tertiary/aromatic N) is 2. The summed E-state index contributed by atoms with van der Waals surface area (Å²) in [5.74, 6) is 0.917. The Hall–Kier alpha value is -1.55. The number of rotatable bonds is 4. The van der Waals surface area contributed by atoms with Gasteiger partial charge in [-0.25, -0.2) is 9.78 Å². The van der Waals surface area contributed by atoms with Crippen LogP contribution < -0.4 is 5.69 Å². The molecular weight excluding hydrogens is 244 g/mol. The highest BCUT2D eigenvalue weighted by Gasteiger charge is 2.11. The first kappa shape index (κ1) is 12.9. The van der Waals surface area contributed by atoms with Gasteiger partial charge in [0, 0.05) is 24.9 Å². The van der Waals surface area contributed by atoms with Crippen LogP contribution in [0.4, 0.5) is 0 Å². The molecule has 18 heavy (non-hydrogen) atoms. The van der Waals surface area contributed by atoms with Gasteiger partial charge >= 0.3 is 5.69 Å². The van der Waals surface area contributed by atoms with Crippen molar-refractivity contribution >= 4 is 12.6 Å². The second-order valence-corrected chi connectivity index (χ2v) is 4.72. The predicted octanol–water partition coefficient (Wildman–Crippen LogP) is 2.27. The van der Waals surface area contributed by atoms with Crippen molar-refractivity contribution in [1.29, 1.82) is 0 Å². The Bertz CT molecular complexity index is 566. The summed E-state index contributed by atoms with van der Waals surface area (Å²) >= 11 is 4.38. The third-order valence-corrected chi connectivity index (χ3v) is 3.33. The van der Waals surface area contributed by atoms with Gasteiger partial charge in [-0.2, -0.15) is 12.6 Å². The van der Waals surface area contributed by atoms with Crippen molar-refractivity contribution in [3.05, 3.63) is 64.3 Å². The Labute approximate surface area is 112 Å². The lowest BCUT2D eigenvalue weighted by atomic mass is 10.0. The average molecular weight is 260 g/mol. The summed E-state index contributed by atoms with van der Waals surface area (Å²) in [6.07, 6.45) is 3.44. The molecule has 0 amide bonds. The van der Waals surface area contributed by atoms with E-state index in [1.165, 1.54) is 5.56 Å². The maximum Gasteiger partial charge on any atom is 0.347 e. The topological polar surface area (TPSA) is 34.9 Å². The van der Waals surface area contributed by atoms with Crippen LogP contribution in [0.15, 0.2) is 47.5 Å². The normalized spacial score (nSPS) is 12.3. The van der Waals surface area contributed by atoms with Gasteiger partial charge in [0.05, 0.1) is 0 Å². The molecule has 3 nitrogen and oxygen atoms in total. The molecule has 2 aromatic rings. The van der Waals surface area contributed by atoms with Crippen LogP contribution in [0.5, 0.6) is 0 Å². The van der Waals surface area contributed by atoms with Crippen molar-refractivity contribution in [1.82, 2.24) is 9.55 Å². The van der Waals surface area contributed by atoms with E-state index in [0.29, 0.717) is 12.3 Å². The molecular formula is C14H16N2OS. The summed E-state index contributed by atoms with van der Waals surface area (Å²) in [7, 11) is 0. The summed E-state index contributed by atoms with van der Waals surface area (Å²) in [4.78, 5) is 15.5. The monoisotopic (exact) mass is 260 g/mol. The molecule has 0 fully saturated rings. The molecule has 94 valence electrons. The highest BCUT2D eigenvalue weighted by atomic mass is 32.1. The van der Waals surface area contributed by atoms with E-state index in [9.17, 15) is 4.79 Å². The number of aromatic nitrogens is 2. The molecule has 0 aliphatic heterocycles. The van der Waals surface area contributed by atoms with Crippen LogP contribution in [0.25, 0.3) is 0 Å². The highest BCUT2D eigenvalue weighted by molar-refractivity contribution is 7.80. The number of hydrogen-bond donors (Lipinski definition) is 1. The number of aryl methyl sites for hydroxylation is 1. The summed E-state index contributed by atoms with van der Waals surface area (Å²) < 4.78 is 1.66. The molecule has 0 N–H and O–H groups in total. The van der Waals surface area contributed by atoms with Gasteiger partial charge in [-0.15, -0.1) is 0 Å². The number of benzene rings is 1. The fourth-order valence-electron chi connectivity index (χ4n) is 1.93. The first-order valence-electron chi connectivity index (χ1n) is 5.89. The van der Waals surface area contributed by atoms with Gasteiger partial charge in [0.25, 0.3) is 0 Å². The standard InChI is InChI=1S/C14H16N2OS/c1-11-7-15-14(17)16(8-11)9-13(10-18)12-5-3-2-4-6-12/h2-8,13,18H,9-10H2,1H3. The Morgan fingerprint density at radius 1 is 1.33 bits per heavy atom. The van der Waals surface area contributed by atoms with Crippen LogP contribution >= 0.6 is 12.6 Å². The van der Waals surface area contributed by atoms with E-state index < -0.39 is 0 Å². The minimum atomic E-state index is -0.205. The Morgan fingerprint density at radius 3 is 2.72 bits per heavy atom. The fourth-order valence-corrected chi connectivity index (χ4v) is 2.25. The first-order valence-corrected chi connectivity index (χ1v) is 6.53. The van der Waals surface area contributed by atoms with Gasteiger partial charge in [-0.1, -0.05) is 30.3 Å². The lowest BCUT2D eigenvalue weighted by Gasteiger charge is -2.16. The van der Waals surface area contributed by atoms with E-state index in [4.69, 9.17) is 0 Å². The van der Waals surface area contributed by atoms with Crippen LogP contribution in [0.2, 0.25) is 0 Å². The van der Waals surface area contributed by atoms with Crippen molar-refractivity contribution in [3.63, 3.8) is 0 Å². The summed E-state index contributed by atoms with van der Waals surface area (Å²) in [6.45, 7) is 2.54. The minimum absolute atomic E-state index is 0.205. The Kier molecular flexibility index (Phi) is 4.20. The van der Waals surface area contributed by atoms with Crippen molar-refractivity contribution in [2.45, 2.75) is 19.4 Å².